The Bertz CT molecular complexity index is 366. The lowest BCUT2D eigenvalue weighted by atomic mass is 10.3. The third kappa shape index (κ3) is 2.79. The number of ether oxygens (including phenoxy) is 1. The highest BCUT2D eigenvalue weighted by atomic mass is 35.5. The smallest absolute Gasteiger partial charge is 0.230 e. The maximum atomic E-state index is 12.6. The van der Waals surface area contributed by atoms with Gasteiger partial charge in [0.2, 0.25) is 5.44 Å². The van der Waals surface area contributed by atoms with Crippen molar-refractivity contribution in [3.63, 3.8) is 0 Å². The molecule has 1 rings (SSSR count). The monoisotopic (exact) mass is 231 g/mol. The highest BCUT2D eigenvalue weighted by Gasteiger charge is 2.09. The molecule has 0 aliphatic carbocycles. The molecule has 2 nitrogen and oxygen atoms in total. The number of thioether (sulfide) groups is 1. The second-order valence-electron chi connectivity index (χ2n) is 2.39. The van der Waals surface area contributed by atoms with Crippen LogP contribution in [0.15, 0.2) is 18.2 Å². The molecule has 0 saturated heterocycles. The quantitative estimate of drug-likeness (QED) is 0.750. The van der Waals surface area contributed by atoms with Gasteiger partial charge in [0, 0.05) is 0 Å². The first-order valence-electron chi connectivity index (χ1n) is 3.71. The summed E-state index contributed by atoms with van der Waals surface area (Å²) in [4.78, 5) is 0. The fourth-order valence-electron chi connectivity index (χ4n) is 0.813. The summed E-state index contributed by atoms with van der Waals surface area (Å²) in [6.45, 7) is 0. The van der Waals surface area contributed by atoms with E-state index in [1.165, 1.54) is 23.9 Å². The van der Waals surface area contributed by atoms with Crippen molar-refractivity contribution >= 4 is 23.4 Å². The molecule has 0 bridgehead atoms. The number of rotatable bonds is 3. The van der Waals surface area contributed by atoms with Gasteiger partial charge in [0.1, 0.15) is 17.6 Å². The van der Waals surface area contributed by atoms with Gasteiger partial charge in [-0.1, -0.05) is 11.6 Å². The van der Waals surface area contributed by atoms with Crippen LogP contribution in [0.5, 0.6) is 5.75 Å². The molecule has 0 saturated carbocycles. The predicted octanol–water partition coefficient (Wildman–Crippen LogP) is 3.07. The van der Waals surface area contributed by atoms with Gasteiger partial charge in [-0.05, 0) is 24.5 Å². The molecule has 0 fully saturated rings. The molecular formula is C9H7ClFNOS. The van der Waals surface area contributed by atoms with Crippen LogP contribution < -0.4 is 4.74 Å². The highest BCUT2D eigenvalue weighted by Crippen LogP contribution is 2.27. The molecule has 14 heavy (non-hydrogen) atoms. The number of nitriles is 1. The molecule has 0 amide bonds. The fourth-order valence-corrected chi connectivity index (χ4v) is 1.33. The van der Waals surface area contributed by atoms with E-state index in [-0.39, 0.29) is 5.02 Å². The van der Waals surface area contributed by atoms with Crippen LogP contribution >= 0.6 is 23.4 Å². The Balaban J connectivity index is 2.82. The van der Waals surface area contributed by atoms with Crippen LogP contribution in [0.3, 0.4) is 0 Å². The lowest BCUT2D eigenvalue weighted by Crippen LogP contribution is -2.08. The number of nitrogens with zero attached hydrogens (tertiary/aromatic N) is 1. The molecule has 0 N–H and O–H groups in total. The van der Waals surface area contributed by atoms with Crippen LogP contribution in [0.4, 0.5) is 4.39 Å². The summed E-state index contributed by atoms with van der Waals surface area (Å²) in [5.74, 6) is -0.117. The molecule has 0 aliphatic rings. The zero-order valence-corrected chi connectivity index (χ0v) is 8.90. The van der Waals surface area contributed by atoms with E-state index >= 15 is 0 Å². The van der Waals surface area contributed by atoms with E-state index < -0.39 is 11.3 Å². The van der Waals surface area contributed by atoms with Crippen molar-refractivity contribution in [3.8, 4) is 11.8 Å². The molecular weight excluding hydrogens is 225 g/mol. The first-order chi connectivity index (χ1) is 6.67. The SMILES string of the molecule is CSC(C#N)Oc1ccc(F)cc1Cl. The van der Waals surface area contributed by atoms with Gasteiger partial charge in [0.05, 0.1) is 5.02 Å². The van der Waals surface area contributed by atoms with Crippen molar-refractivity contribution in [3.05, 3.63) is 29.0 Å². The van der Waals surface area contributed by atoms with Crippen LogP contribution in [-0.2, 0) is 0 Å². The normalized spacial score (nSPS) is 11.9. The summed E-state index contributed by atoms with van der Waals surface area (Å²) in [6.07, 6.45) is 1.74. The molecule has 5 heteroatoms. The minimum Gasteiger partial charge on any atom is -0.464 e. The summed E-state index contributed by atoms with van der Waals surface area (Å²) in [6, 6.07) is 5.71. The van der Waals surface area contributed by atoms with Crippen LogP contribution in [0.1, 0.15) is 0 Å². The maximum absolute atomic E-state index is 12.6. The van der Waals surface area contributed by atoms with Crippen LogP contribution in [0.2, 0.25) is 5.02 Å². The number of hydrogen-bond donors (Lipinski definition) is 0. The topological polar surface area (TPSA) is 33.0 Å². The Morgan fingerprint density at radius 2 is 2.36 bits per heavy atom. The standard InChI is InChI=1S/C9H7ClFNOS/c1-14-9(5-12)13-8-3-2-6(11)4-7(8)10/h2-4,9H,1H3. The second-order valence-corrected chi connectivity index (χ2v) is 3.70. The molecule has 0 aliphatic heterocycles. The predicted molar refractivity (Wildman–Crippen MR) is 55.0 cm³/mol. The Morgan fingerprint density at radius 1 is 1.64 bits per heavy atom. The molecule has 1 aromatic rings. The van der Waals surface area contributed by atoms with E-state index in [4.69, 9.17) is 21.6 Å². The van der Waals surface area contributed by atoms with Crippen molar-refractivity contribution in [1.82, 2.24) is 0 Å². The first-order valence-corrected chi connectivity index (χ1v) is 5.38. The van der Waals surface area contributed by atoms with Crippen molar-refractivity contribution in [2.45, 2.75) is 5.44 Å². The van der Waals surface area contributed by atoms with E-state index in [9.17, 15) is 4.39 Å². The summed E-state index contributed by atoms with van der Waals surface area (Å²) in [5.41, 5.74) is -0.627. The van der Waals surface area contributed by atoms with Crippen molar-refractivity contribution in [2.24, 2.45) is 0 Å². The van der Waals surface area contributed by atoms with Crippen molar-refractivity contribution < 1.29 is 9.13 Å². The maximum Gasteiger partial charge on any atom is 0.230 e. The fraction of sp³-hybridized carbons (Fsp3) is 0.222. The van der Waals surface area contributed by atoms with Gasteiger partial charge in [0.15, 0.2) is 0 Å². The van der Waals surface area contributed by atoms with Crippen LogP contribution in [0, 0.1) is 17.1 Å². The third-order valence-electron chi connectivity index (χ3n) is 1.45. The van der Waals surface area contributed by atoms with E-state index in [1.54, 1.807) is 6.26 Å². The third-order valence-corrected chi connectivity index (χ3v) is 2.37. The lowest BCUT2D eigenvalue weighted by Gasteiger charge is -2.10. The van der Waals surface area contributed by atoms with Crippen LogP contribution in [0.25, 0.3) is 0 Å². The Hall–Kier alpha value is -0.920. The summed E-state index contributed by atoms with van der Waals surface area (Å²) >= 11 is 6.95. The van der Waals surface area contributed by atoms with Crippen molar-refractivity contribution in [1.29, 1.82) is 5.26 Å². The highest BCUT2D eigenvalue weighted by molar-refractivity contribution is 7.99. The Kier molecular flexibility index (Phi) is 4.05. The van der Waals surface area contributed by atoms with Crippen molar-refractivity contribution in [2.75, 3.05) is 6.26 Å². The molecule has 1 aromatic carbocycles. The van der Waals surface area contributed by atoms with Gasteiger partial charge in [-0.25, -0.2) is 4.39 Å². The molecule has 1 unspecified atom stereocenters. The zero-order chi connectivity index (χ0) is 10.6. The van der Waals surface area contributed by atoms with Gasteiger partial charge in [0.25, 0.3) is 0 Å². The van der Waals surface area contributed by atoms with E-state index in [0.29, 0.717) is 5.75 Å². The number of hydrogen-bond acceptors (Lipinski definition) is 3. The largest absolute Gasteiger partial charge is 0.464 e. The average Bonchev–Trinajstić information content (AvgIpc) is 2.17. The van der Waals surface area contributed by atoms with Gasteiger partial charge in [-0.3, -0.25) is 0 Å². The van der Waals surface area contributed by atoms with Gasteiger partial charge < -0.3 is 4.74 Å². The van der Waals surface area contributed by atoms with E-state index in [2.05, 4.69) is 0 Å². The Labute approximate surface area is 90.6 Å². The molecule has 0 spiro atoms. The summed E-state index contributed by atoms with van der Waals surface area (Å²) in [7, 11) is 0. The van der Waals surface area contributed by atoms with Gasteiger partial charge >= 0.3 is 0 Å². The minimum atomic E-state index is -0.627. The summed E-state index contributed by atoms with van der Waals surface area (Å²) in [5, 5.41) is 8.79. The molecule has 74 valence electrons. The van der Waals surface area contributed by atoms with Gasteiger partial charge in [-0.2, -0.15) is 5.26 Å². The lowest BCUT2D eigenvalue weighted by molar-refractivity contribution is 0.338. The molecule has 0 heterocycles. The molecule has 1 atom stereocenters. The number of halogens is 2. The van der Waals surface area contributed by atoms with Gasteiger partial charge in [-0.15, -0.1) is 11.8 Å². The second kappa shape index (κ2) is 5.08. The van der Waals surface area contributed by atoms with Crippen LogP contribution in [-0.4, -0.2) is 11.7 Å². The first kappa shape index (κ1) is 11.2. The van der Waals surface area contributed by atoms with E-state index in [0.717, 1.165) is 6.07 Å². The Morgan fingerprint density at radius 3 is 2.86 bits per heavy atom. The number of benzene rings is 1. The zero-order valence-electron chi connectivity index (χ0n) is 7.33. The summed E-state index contributed by atoms with van der Waals surface area (Å²) < 4.78 is 17.8. The average molecular weight is 232 g/mol. The van der Waals surface area contributed by atoms with E-state index in [1.807, 2.05) is 6.07 Å². The minimum absolute atomic E-state index is 0.166. The molecule has 0 radical (unpaired) electrons. The molecule has 0 aromatic heterocycles.